The van der Waals surface area contributed by atoms with E-state index in [-0.39, 0.29) is 37.4 Å². The first-order chi connectivity index (χ1) is 12.5. The van der Waals surface area contributed by atoms with Gasteiger partial charge in [-0.15, -0.1) is 0 Å². The molecule has 9 nitrogen and oxygen atoms in total. The van der Waals surface area contributed by atoms with Crippen LogP contribution < -0.4 is 16.0 Å². The Morgan fingerprint density at radius 1 is 1.33 bits per heavy atom. The second kappa shape index (κ2) is 10.2. The van der Waals surface area contributed by atoms with Crippen molar-refractivity contribution < 1.29 is 24.3 Å². The smallest absolute Gasteiger partial charge is 0.242 e. The number of rotatable bonds is 8. The number of piperidine rings is 1. The fourth-order valence-electron chi connectivity index (χ4n) is 2.72. The van der Waals surface area contributed by atoms with Crippen LogP contribution in [0.3, 0.4) is 0 Å². The first-order valence-corrected chi connectivity index (χ1v) is 9.24. The lowest BCUT2D eigenvalue weighted by molar-refractivity contribution is -0.137. The third kappa shape index (κ3) is 7.94. The zero-order valence-electron chi connectivity index (χ0n) is 16.6. The van der Waals surface area contributed by atoms with E-state index in [1.54, 1.807) is 20.8 Å². The predicted molar refractivity (Wildman–Crippen MR) is 99.5 cm³/mol. The normalized spacial score (nSPS) is 18.3. The van der Waals surface area contributed by atoms with Gasteiger partial charge in [0.1, 0.15) is 0 Å². The van der Waals surface area contributed by atoms with Crippen LogP contribution in [0, 0.1) is 11.3 Å². The summed E-state index contributed by atoms with van der Waals surface area (Å²) < 4.78 is 0. The lowest BCUT2D eigenvalue weighted by Gasteiger charge is -2.26. The number of aliphatic hydroxyl groups excluding tert-OH is 1. The lowest BCUT2D eigenvalue weighted by Crippen LogP contribution is -2.48. The van der Waals surface area contributed by atoms with Crippen LogP contribution >= 0.6 is 0 Å². The van der Waals surface area contributed by atoms with Gasteiger partial charge >= 0.3 is 0 Å². The van der Waals surface area contributed by atoms with Gasteiger partial charge in [0.2, 0.25) is 23.6 Å². The molecule has 1 heterocycles. The van der Waals surface area contributed by atoms with Crippen LogP contribution in [0.25, 0.3) is 0 Å². The van der Waals surface area contributed by atoms with E-state index in [4.69, 9.17) is 0 Å². The molecule has 0 radical (unpaired) electrons. The SMILES string of the molecule is CN(CC(=O)NC(CO)C[C@@H]1CCCNC1=O)C(=O)CNC(=O)C(C)(C)C. The summed E-state index contributed by atoms with van der Waals surface area (Å²) in [6.07, 6.45) is 1.96. The van der Waals surface area contributed by atoms with Gasteiger partial charge in [-0.2, -0.15) is 0 Å². The summed E-state index contributed by atoms with van der Waals surface area (Å²) >= 11 is 0. The van der Waals surface area contributed by atoms with Gasteiger partial charge in [0, 0.05) is 24.9 Å². The van der Waals surface area contributed by atoms with Gasteiger partial charge in [0.15, 0.2) is 0 Å². The molecule has 154 valence electrons. The first-order valence-electron chi connectivity index (χ1n) is 9.24. The minimum atomic E-state index is -0.601. The number of hydrogen-bond acceptors (Lipinski definition) is 5. The fourth-order valence-corrected chi connectivity index (χ4v) is 2.72. The third-order valence-electron chi connectivity index (χ3n) is 4.44. The van der Waals surface area contributed by atoms with Gasteiger partial charge in [0.25, 0.3) is 0 Å². The summed E-state index contributed by atoms with van der Waals surface area (Å²) in [6, 6.07) is -0.546. The van der Waals surface area contributed by atoms with Gasteiger partial charge in [-0.05, 0) is 19.3 Å². The number of amides is 4. The Kier molecular flexibility index (Phi) is 8.68. The van der Waals surface area contributed by atoms with E-state index in [1.165, 1.54) is 11.9 Å². The number of hydrogen-bond donors (Lipinski definition) is 4. The zero-order valence-corrected chi connectivity index (χ0v) is 16.6. The van der Waals surface area contributed by atoms with Crippen LogP contribution in [-0.4, -0.2) is 73.0 Å². The summed E-state index contributed by atoms with van der Waals surface area (Å²) in [5.74, 6) is -1.36. The summed E-state index contributed by atoms with van der Waals surface area (Å²) in [6.45, 7) is 5.21. The number of likely N-dealkylation sites (N-methyl/N-ethyl adjacent to an activating group) is 1. The maximum absolute atomic E-state index is 12.1. The van der Waals surface area contributed by atoms with Crippen molar-refractivity contribution in [1.82, 2.24) is 20.9 Å². The summed E-state index contributed by atoms with van der Waals surface area (Å²) in [4.78, 5) is 49.0. The molecule has 0 bridgehead atoms. The molecule has 1 rings (SSSR count). The molecule has 4 amide bonds. The lowest BCUT2D eigenvalue weighted by atomic mass is 9.92. The molecule has 1 fully saturated rings. The molecule has 0 aromatic rings. The van der Waals surface area contributed by atoms with Crippen LogP contribution in [0.4, 0.5) is 0 Å². The highest BCUT2D eigenvalue weighted by Crippen LogP contribution is 2.17. The van der Waals surface area contributed by atoms with E-state index in [0.29, 0.717) is 13.0 Å². The molecular formula is C18H32N4O5. The minimum absolute atomic E-state index is 0.0594. The first kappa shape index (κ1) is 22.9. The molecule has 1 unspecified atom stereocenters. The van der Waals surface area contributed by atoms with Crippen molar-refractivity contribution in [1.29, 1.82) is 0 Å². The topological polar surface area (TPSA) is 128 Å². The largest absolute Gasteiger partial charge is 0.394 e. The summed E-state index contributed by atoms with van der Waals surface area (Å²) in [5.41, 5.74) is -0.601. The minimum Gasteiger partial charge on any atom is -0.394 e. The molecule has 0 aromatic carbocycles. The Hall–Kier alpha value is -2.16. The standard InChI is InChI=1S/C18H32N4O5/c1-18(2,3)17(27)20-9-15(25)22(4)10-14(24)21-13(11-23)8-12-6-5-7-19-16(12)26/h12-13,23H,5-11H2,1-4H3,(H,19,26)(H,20,27)(H,21,24)/t12-,13?/m0/s1. The fraction of sp³-hybridized carbons (Fsp3) is 0.778. The van der Waals surface area contributed by atoms with Gasteiger partial charge in [0.05, 0.1) is 25.7 Å². The van der Waals surface area contributed by atoms with Gasteiger partial charge < -0.3 is 26.0 Å². The van der Waals surface area contributed by atoms with Gasteiger partial charge in [-0.1, -0.05) is 20.8 Å². The van der Waals surface area contributed by atoms with Crippen LogP contribution in [0.1, 0.15) is 40.0 Å². The highest BCUT2D eigenvalue weighted by atomic mass is 16.3. The van der Waals surface area contributed by atoms with E-state index < -0.39 is 23.3 Å². The average molecular weight is 384 g/mol. The quantitative estimate of drug-likeness (QED) is 0.427. The van der Waals surface area contributed by atoms with E-state index in [0.717, 1.165) is 12.8 Å². The van der Waals surface area contributed by atoms with Gasteiger partial charge in [-0.25, -0.2) is 0 Å². The monoisotopic (exact) mass is 384 g/mol. The van der Waals surface area contributed by atoms with E-state index in [9.17, 15) is 24.3 Å². The van der Waals surface area contributed by atoms with Crippen molar-refractivity contribution >= 4 is 23.6 Å². The maximum Gasteiger partial charge on any atom is 0.242 e. The highest BCUT2D eigenvalue weighted by molar-refractivity contribution is 5.89. The van der Waals surface area contributed by atoms with Crippen molar-refractivity contribution in [3.8, 4) is 0 Å². The van der Waals surface area contributed by atoms with E-state index in [1.807, 2.05) is 0 Å². The number of carbonyl (C=O) groups excluding carboxylic acids is 4. The number of nitrogens with one attached hydrogen (secondary N) is 3. The second-order valence-electron chi connectivity index (χ2n) is 8.00. The summed E-state index contributed by atoms with van der Waals surface area (Å²) in [7, 11) is 1.47. The summed E-state index contributed by atoms with van der Waals surface area (Å²) in [5, 5.41) is 17.5. The van der Waals surface area contributed by atoms with Crippen LogP contribution in [0.15, 0.2) is 0 Å². The Bertz CT molecular complexity index is 558. The molecule has 1 aliphatic rings. The number of carbonyl (C=O) groups is 4. The van der Waals surface area contributed by atoms with E-state index in [2.05, 4.69) is 16.0 Å². The second-order valence-corrected chi connectivity index (χ2v) is 8.00. The molecule has 1 aliphatic heterocycles. The maximum atomic E-state index is 12.1. The molecule has 1 saturated heterocycles. The number of nitrogens with zero attached hydrogens (tertiary/aromatic N) is 1. The molecule has 27 heavy (non-hydrogen) atoms. The molecular weight excluding hydrogens is 352 g/mol. The van der Waals surface area contributed by atoms with Crippen molar-refractivity contribution in [2.45, 2.75) is 46.1 Å². The Labute approximate surface area is 160 Å². The zero-order chi connectivity index (χ0) is 20.6. The van der Waals surface area contributed by atoms with E-state index >= 15 is 0 Å². The number of aliphatic hydroxyl groups is 1. The Morgan fingerprint density at radius 2 is 2.00 bits per heavy atom. The molecule has 0 saturated carbocycles. The van der Waals surface area contributed by atoms with Crippen molar-refractivity contribution in [3.05, 3.63) is 0 Å². The molecule has 9 heteroatoms. The molecule has 0 aromatic heterocycles. The van der Waals surface area contributed by atoms with Crippen molar-refractivity contribution in [2.75, 3.05) is 33.3 Å². The van der Waals surface area contributed by atoms with Crippen molar-refractivity contribution in [2.24, 2.45) is 11.3 Å². The van der Waals surface area contributed by atoms with Crippen LogP contribution in [0.2, 0.25) is 0 Å². The molecule has 2 atom stereocenters. The Balaban J connectivity index is 2.43. The Morgan fingerprint density at radius 3 is 2.56 bits per heavy atom. The van der Waals surface area contributed by atoms with Crippen molar-refractivity contribution in [3.63, 3.8) is 0 Å². The van der Waals surface area contributed by atoms with Crippen LogP contribution in [-0.2, 0) is 19.2 Å². The highest BCUT2D eigenvalue weighted by Gasteiger charge is 2.27. The van der Waals surface area contributed by atoms with Gasteiger partial charge in [-0.3, -0.25) is 19.2 Å². The molecule has 4 N–H and O–H groups in total. The van der Waals surface area contributed by atoms with Crippen LogP contribution in [0.5, 0.6) is 0 Å². The third-order valence-corrected chi connectivity index (χ3v) is 4.44. The molecule has 0 aliphatic carbocycles. The average Bonchev–Trinajstić information content (AvgIpc) is 2.59. The molecule has 0 spiro atoms. The predicted octanol–water partition coefficient (Wildman–Crippen LogP) is -0.999.